The van der Waals surface area contributed by atoms with Crippen LogP contribution in [0.2, 0.25) is 0 Å². The van der Waals surface area contributed by atoms with Crippen LogP contribution in [0.3, 0.4) is 0 Å². The van der Waals surface area contributed by atoms with Crippen LogP contribution in [-0.4, -0.2) is 24.3 Å². The number of rotatable bonds is 8. The van der Waals surface area contributed by atoms with Crippen LogP contribution in [0.1, 0.15) is 49.5 Å². The lowest BCUT2D eigenvalue weighted by Gasteiger charge is -2.03. The van der Waals surface area contributed by atoms with Gasteiger partial charge in [0.1, 0.15) is 5.76 Å². The van der Waals surface area contributed by atoms with Gasteiger partial charge in [0.2, 0.25) is 0 Å². The molecule has 0 atom stereocenters. The molecule has 2 saturated carbocycles. The highest BCUT2D eigenvalue weighted by atomic mass is 16.5. The van der Waals surface area contributed by atoms with Gasteiger partial charge in [0.15, 0.2) is 0 Å². The maximum Gasteiger partial charge on any atom is 0.140 e. The van der Waals surface area contributed by atoms with Crippen LogP contribution in [0, 0.1) is 0 Å². The molecule has 0 spiro atoms. The Morgan fingerprint density at radius 2 is 2.12 bits per heavy atom. The summed E-state index contributed by atoms with van der Waals surface area (Å²) < 4.78 is 5.30. The second kappa shape index (κ2) is 5.19. The van der Waals surface area contributed by atoms with Gasteiger partial charge < -0.3 is 15.2 Å². The standard InChI is InChI=1S/C13H21N3O/c1(7-15-11-4-5-11)6-14-9-12-8-13(17-16-12)10-2-3-10/h8,10-11,14-15H,1-7,9H2. The van der Waals surface area contributed by atoms with E-state index >= 15 is 0 Å². The summed E-state index contributed by atoms with van der Waals surface area (Å²) in [5.41, 5.74) is 1.04. The molecule has 0 aromatic carbocycles. The van der Waals surface area contributed by atoms with Gasteiger partial charge in [-0.25, -0.2) is 0 Å². The van der Waals surface area contributed by atoms with E-state index in [0.717, 1.165) is 37.1 Å². The molecule has 1 heterocycles. The number of nitrogens with zero attached hydrogens (tertiary/aromatic N) is 1. The first kappa shape index (κ1) is 11.2. The number of aromatic nitrogens is 1. The minimum absolute atomic E-state index is 0.666. The van der Waals surface area contributed by atoms with Crippen molar-refractivity contribution in [1.29, 1.82) is 0 Å². The van der Waals surface area contributed by atoms with E-state index in [9.17, 15) is 0 Å². The summed E-state index contributed by atoms with van der Waals surface area (Å²) >= 11 is 0. The highest BCUT2D eigenvalue weighted by Gasteiger charge is 2.27. The molecule has 2 aliphatic carbocycles. The average molecular weight is 235 g/mol. The van der Waals surface area contributed by atoms with Gasteiger partial charge in [0, 0.05) is 24.6 Å². The van der Waals surface area contributed by atoms with E-state index in [1.165, 1.54) is 32.1 Å². The van der Waals surface area contributed by atoms with Crippen LogP contribution >= 0.6 is 0 Å². The largest absolute Gasteiger partial charge is 0.361 e. The summed E-state index contributed by atoms with van der Waals surface area (Å²) in [5.74, 6) is 1.75. The summed E-state index contributed by atoms with van der Waals surface area (Å²) in [7, 11) is 0. The molecule has 94 valence electrons. The van der Waals surface area contributed by atoms with Gasteiger partial charge in [-0.15, -0.1) is 0 Å². The maximum atomic E-state index is 5.30. The van der Waals surface area contributed by atoms with Crippen molar-refractivity contribution in [3.8, 4) is 0 Å². The van der Waals surface area contributed by atoms with E-state index in [1.54, 1.807) is 0 Å². The normalized spacial score (nSPS) is 19.8. The zero-order chi connectivity index (χ0) is 11.5. The number of hydrogen-bond acceptors (Lipinski definition) is 4. The third-order valence-electron chi connectivity index (χ3n) is 3.40. The molecule has 0 amide bonds. The average Bonchev–Trinajstić information content (AvgIpc) is 3.24. The van der Waals surface area contributed by atoms with Crippen molar-refractivity contribution in [3.63, 3.8) is 0 Å². The van der Waals surface area contributed by atoms with Crippen LogP contribution in [0.4, 0.5) is 0 Å². The van der Waals surface area contributed by atoms with E-state index < -0.39 is 0 Å². The van der Waals surface area contributed by atoms with Crippen LogP contribution < -0.4 is 10.6 Å². The number of hydrogen-bond donors (Lipinski definition) is 2. The zero-order valence-electron chi connectivity index (χ0n) is 10.2. The molecule has 2 N–H and O–H groups in total. The molecule has 4 nitrogen and oxygen atoms in total. The Morgan fingerprint density at radius 1 is 1.24 bits per heavy atom. The highest BCUT2D eigenvalue weighted by Crippen LogP contribution is 2.40. The van der Waals surface area contributed by atoms with Gasteiger partial charge in [-0.1, -0.05) is 5.16 Å². The molecular formula is C13H21N3O. The van der Waals surface area contributed by atoms with Gasteiger partial charge in [-0.2, -0.15) is 0 Å². The van der Waals surface area contributed by atoms with Crippen molar-refractivity contribution in [2.75, 3.05) is 13.1 Å². The zero-order valence-corrected chi connectivity index (χ0v) is 10.2. The quantitative estimate of drug-likeness (QED) is 0.674. The molecule has 1 aromatic heterocycles. The fourth-order valence-electron chi connectivity index (χ4n) is 2.00. The SMILES string of the molecule is c1c(CNCCCNC2CC2)noc1C1CC1. The molecule has 2 fully saturated rings. The van der Waals surface area contributed by atoms with Crippen LogP contribution in [0.15, 0.2) is 10.6 Å². The predicted octanol–water partition coefficient (Wildman–Crippen LogP) is 1.78. The topological polar surface area (TPSA) is 50.1 Å². The minimum atomic E-state index is 0.666. The summed E-state index contributed by atoms with van der Waals surface area (Å²) in [4.78, 5) is 0. The van der Waals surface area contributed by atoms with Crippen molar-refractivity contribution in [2.24, 2.45) is 0 Å². The van der Waals surface area contributed by atoms with Gasteiger partial charge in [-0.05, 0) is 45.2 Å². The summed E-state index contributed by atoms with van der Waals surface area (Å²) in [6.45, 7) is 3.01. The Morgan fingerprint density at radius 3 is 2.88 bits per heavy atom. The molecular weight excluding hydrogens is 214 g/mol. The molecule has 17 heavy (non-hydrogen) atoms. The molecule has 0 aliphatic heterocycles. The first-order valence-corrected chi connectivity index (χ1v) is 6.81. The summed E-state index contributed by atoms with van der Waals surface area (Å²) in [6.07, 6.45) is 6.47. The van der Waals surface area contributed by atoms with Crippen LogP contribution in [0.5, 0.6) is 0 Å². The van der Waals surface area contributed by atoms with Crippen LogP contribution in [0.25, 0.3) is 0 Å². The Kier molecular flexibility index (Phi) is 3.43. The Bertz CT molecular complexity index is 355. The molecule has 3 rings (SSSR count). The van der Waals surface area contributed by atoms with E-state index in [0.29, 0.717) is 5.92 Å². The van der Waals surface area contributed by atoms with E-state index in [2.05, 4.69) is 21.9 Å². The smallest absolute Gasteiger partial charge is 0.140 e. The molecule has 4 heteroatoms. The van der Waals surface area contributed by atoms with E-state index in [-0.39, 0.29) is 0 Å². The molecule has 1 aromatic rings. The molecule has 0 bridgehead atoms. The first-order valence-electron chi connectivity index (χ1n) is 6.81. The Balaban J connectivity index is 1.27. The fraction of sp³-hybridized carbons (Fsp3) is 0.769. The van der Waals surface area contributed by atoms with E-state index in [4.69, 9.17) is 4.52 Å². The van der Waals surface area contributed by atoms with Crippen molar-refractivity contribution in [3.05, 3.63) is 17.5 Å². The second-order valence-corrected chi connectivity index (χ2v) is 5.25. The third kappa shape index (κ3) is 3.54. The first-order chi connectivity index (χ1) is 8.42. The predicted molar refractivity (Wildman–Crippen MR) is 65.8 cm³/mol. The highest BCUT2D eigenvalue weighted by molar-refractivity contribution is 5.14. The van der Waals surface area contributed by atoms with Gasteiger partial charge >= 0.3 is 0 Å². The monoisotopic (exact) mass is 235 g/mol. The summed E-state index contributed by atoms with van der Waals surface area (Å²) in [6, 6.07) is 2.93. The van der Waals surface area contributed by atoms with Gasteiger partial charge in [0.25, 0.3) is 0 Å². The lowest BCUT2D eigenvalue weighted by atomic mass is 10.3. The number of nitrogens with one attached hydrogen (secondary N) is 2. The lowest BCUT2D eigenvalue weighted by Crippen LogP contribution is -2.23. The molecule has 0 radical (unpaired) electrons. The molecule has 0 unspecified atom stereocenters. The maximum absolute atomic E-state index is 5.30. The van der Waals surface area contributed by atoms with Crippen molar-refractivity contribution < 1.29 is 4.52 Å². The Hall–Kier alpha value is -0.870. The van der Waals surface area contributed by atoms with Gasteiger partial charge in [0.05, 0.1) is 5.69 Å². The van der Waals surface area contributed by atoms with Crippen molar-refractivity contribution >= 4 is 0 Å². The third-order valence-corrected chi connectivity index (χ3v) is 3.40. The molecule has 2 aliphatic rings. The second-order valence-electron chi connectivity index (χ2n) is 5.25. The van der Waals surface area contributed by atoms with Crippen LogP contribution in [-0.2, 0) is 6.54 Å². The summed E-state index contributed by atoms with van der Waals surface area (Å²) in [5, 5.41) is 11.0. The van der Waals surface area contributed by atoms with Crippen molar-refractivity contribution in [2.45, 2.75) is 50.6 Å². The van der Waals surface area contributed by atoms with Gasteiger partial charge in [-0.3, -0.25) is 0 Å². The Labute approximate surface area is 102 Å². The fourth-order valence-corrected chi connectivity index (χ4v) is 2.00. The van der Waals surface area contributed by atoms with Crippen molar-refractivity contribution in [1.82, 2.24) is 15.8 Å². The molecule has 0 saturated heterocycles. The lowest BCUT2D eigenvalue weighted by molar-refractivity contribution is 0.376. The van der Waals surface area contributed by atoms with E-state index in [1.807, 2.05) is 0 Å². The minimum Gasteiger partial charge on any atom is -0.361 e.